The first kappa shape index (κ1) is 14.5. The summed E-state index contributed by atoms with van der Waals surface area (Å²) in [5.74, 6) is -1.49. The zero-order valence-corrected chi connectivity index (χ0v) is 12.4. The Balaban J connectivity index is 1.90. The van der Waals surface area contributed by atoms with Crippen LogP contribution < -0.4 is 0 Å². The average molecular weight is 296 g/mol. The first-order valence-electron chi connectivity index (χ1n) is 7.07. The fourth-order valence-corrected chi connectivity index (χ4v) is 2.71. The predicted molar refractivity (Wildman–Crippen MR) is 81.2 cm³/mol. The van der Waals surface area contributed by atoms with Crippen molar-refractivity contribution in [3.8, 4) is 11.1 Å². The van der Waals surface area contributed by atoms with Gasteiger partial charge in [-0.15, -0.1) is 0 Å². The Labute approximate surface area is 128 Å². The Morgan fingerprint density at radius 2 is 1.68 bits per heavy atom. The van der Waals surface area contributed by atoms with Gasteiger partial charge in [-0.05, 0) is 30.5 Å². The van der Waals surface area contributed by atoms with Gasteiger partial charge in [0.25, 0.3) is 0 Å². The van der Waals surface area contributed by atoms with E-state index in [0.29, 0.717) is 5.56 Å². The monoisotopic (exact) mass is 296 g/mol. The first-order valence-corrected chi connectivity index (χ1v) is 7.07. The maximum atomic E-state index is 11.8. The van der Waals surface area contributed by atoms with Crippen molar-refractivity contribution in [1.82, 2.24) is 0 Å². The Hall–Kier alpha value is -2.46. The maximum absolute atomic E-state index is 11.8. The largest absolute Gasteiger partial charge is 0.447 e. The molecule has 0 saturated carbocycles. The van der Waals surface area contributed by atoms with E-state index in [1.165, 1.54) is 11.1 Å². The van der Waals surface area contributed by atoms with Crippen LogP contribution in [0.25, 0.3) is 11.1 Å². The molecule has 0 amide bonds. The Bertz CT molecular complexity index is 746. The molecule has 1 aliphatic heterocycles. The number of ether oxygens (including phenoxy) is 1. The molecule has 22 heavy (non-hydrogen) atoms. The van der Waals surface area contributed by atoms with E-state index in [-0.39, 0.29) is 0 Å². The van der Waals surface area contributed by atoms with Crippen molar-refractivity contribution in [1.29, 1.82) is 0 Å². The number of Topliss-reactive ketones (excluding diaryl/α,β-unsaturated/α-hetero) is 1. The second kappa shape index (κ2) is 5.39. The first-order chi connectivity index (χ1) is 10.5. The molecule has 0 aromatic heterocycles. The van der Waals surface area contributed by atoms with Crippen molar-refractivity contribution in [2.24, 2.45) is 0 Å². The highest BCUT2D eigenvalue weighted by Crippen LogP contribution is 2.30. The van der Waals surface area contributed by atoms with E-state index in [2.05, 4.69) is 25.1 Å². The molecule has 0 radical (unpaired) electrons. The van der Waals surface area contributed by atoms with Crippen molar-refractivity contribution in [3.63, 3.8) is 0 Å². The van der Waals surface area contributed by atoms with Crippen molar-refractivity contribution in [3.05, 3.63) is 59.2 Å². The van der Waals surface area contributed by atoms with Gasteiger partial charge in [-0.1, -0.05) is 48.0 Å². The summed E-state index contributed by atoms with van der Waals surface area (Å²) in [6.07, 6.45) is -2.67. The van der Waals surface area contributed by atoms with Gasteiger partial charge in [0.2, 0.25) is 11.9 Å². The molecule has 4 nitrogen and oxygen atoms in total. The van der Waals surface area contributed by atoms with Crippen LogP contribution >= 0.6 is 0 Å². The molecule has 2 atom stereocenters. The minimum absolute atomic E-state index is 0.573. The molecule has 1 aliphatic rings. The lowest BCUT2D eigenvalue weighted by molar-refractivity contribution is -0.147. The summed E-state index contributed by atoms with van der Waals surface area (Å²) in [7, 11) is 0. The van der Waals surface area contributed by atoms with E-state index in [1.54, 1.807) is 12.1 Å². The smallest absolute Gasteiger partial charge is 0.344 e. The molecule has 2 unspecified atom stereocenters. The van der Waals surface area contributed by atoms with E-state index in [4.69, 9.17) is 4.74 Å². The highest BCUT2D eigenvalue weighted by Gasteiger charge is 2.43. The second-order valence-corrected chi connectivity index (χ2v) is 5.56. The lowest BCUT2D eigenvalue weighted by Gasteiger charge is -2.11. The Kier molecular flexibility index (Phi) is 3.54. The maximum Gasteiger partial charge on any atom is 0.344 e. The number of hydrogen-bond donors (Lipinski definition) is 1. The van der Waals surface area contributed by atoms with E-state index >= 15 is 0 Å². The highest BCUT2D eigenvalue weighted by atomic mass is 16.6. The van der Waals surface area contributed by atoms with Crippen LogP contribution in [0.3, 0.4) is 0 Å². The van der Waals surface area contributed by atoms with Crippen LogP contribution in [0.5, 0.6) is 0 Å². The molecule has 0 spiro atoms. The number of ketones is 1. The minimum Gasteiger partial charge on any atom is -0.447 e. The van der Waals surface area contributed by atoms with E-state index in [9.17, 15) is 14.7 Å². The highest BCUT2D eigenvalue weighted by molar-refractivity contribution is 6.09. The summed E-state index contributed by atoms with van der Waals surface area (Å²) in [5.41, 5.74) is 5.09. The van der Waals surface area contributed by atoms with Gasteiger partial charge in [0.15, 0.2) is 6.10 Å². The molecule has 4 heteroatoms. The SMILES string of the molecule is Cc1ccc(-c2ccc(C3OC(=O)C(O)C3=O)cc2)c(C)c1. The van der Waals surface area contributed by atoms with Crippen molar-refractivity contribution < 1.29 is 19.4 Å². The lowest BCUT2D eigenvalue weighted by atomic mass is 9.96. The van der Waals surface area contributed by atoms with Gasteiger partial charge in [-0.2, -0.15) is 0 Å². The van der Waals surface area contributed by atoms with E-state index < -0.39 is 24.0 Å². The Morgan fingerprint density at radius 3 is 2.23 bits per heavy atom. The van der Waals surface area contributed by atoms with E-state index in [0.717, 1.165) is 11.1 Å². The molecular formula is C18H16O4. The number of benzene rings is 2. The third-order valence-corrected chi connectivity index (χ3v) is 3.89. The number of rotatable bonds is 2. The number of carbonyl (C=O) groups excluding carboxylic acids is 2. The third kappa shape index (κ3) is 2.42. The molecule has 1 fully saturated rings. The third-order valence-electron chi connectivity index (χ3n) is 3.89. The molecule has 0 aliphatic carbocycles. The molecular weight excluding hydrogens is 280 g/mol. The zero-order valence-electron chi connectivity index (χ0n) is 12.4. The van der Waals surface area contributed by atoms with Gasteiger partial charge in [-0.3, -0.25) is 4.79 Å². The predicted octanol–water partition coefficient (Wildman–Crippen LogP) is 2.50. The second-order valence-electron chi connectivity index (χ2n) is 5.56. The molecule has 112 valence electrons. The van der Waals surface area contributed by atoms with Crippen LogP contribution in [-0.4, -0.2) is 23.0 Å². The topological polar surface area (TPSA) is 63.6 Å². The number of hydrogen-bond acceptors (Lipinski definition) is 4. The van der Waals surface area contributed by atoms with Gasteiger partial charge in [0, 0.05) is 5.56 Å². The normalized spacial score (nSPS) is 21.0. The van der Waals surface area contributed by atoms with Crippen LogP contribution in [0.15, 0.2) is 42.5 Å². The molecule has 1 heterocycles. The van der Waals surface area contributed by atoms with E-state index in [1.807, 2.05) is 19.1 Å². The summed E-state index contributed by atoms with van der Waals surface area (Å²) in [4.78, 5) is 23.0. The van der Waals surface area contributed by atoms with Crippen LogP contribution in [-0.2, 0) is 14.3 Å². The van der Waals surface area contributed by atoms with Crippen molar-refractivity contribution in [2.45, 2.75) is 26.1 Å². The fraction of sp³-hybridized carbons (Fsp3) is 0.222. The van der Waals surface area contributed by atoms with Crippen LogP contribution in [0.2, 0.25) is 0 Å². The summed E-state index contributed by atoms with van der Waals surface area (Å²) in [5, 5.41) is 9.37. The molecule has 3 rings (SSSR count). The molecule has 2 aromatic rings. The summed E-state index contributed by atoms with van der Waals surface area (Å²) >= 11 is 0. The zero-order chi connectivity index (χ0) is 15.9. The van der Waals surface area contributed by atoms with Crippen LogP contribution in [0.1, 0.15) is 22.8 Å². The van der Waals surface area contributed by atoms with Gasteiger partial charge in [0.1, 0.15) is 0 Å². The van der Waals surface area contributed by atoms with Gasteiger partial charge in [0.05, 0.1) is 0 Å². The van der Waals surface area contributed by atoms with Gasteiger partial charge >= 0.3 is 5.97 Å². The number of cyclic esters (lactones) is 1. The summed E-state index contributed by atoms with van der Waals surface area (Å²) in [6.45, 7) is 4.10. The van der Waals surface area contributed by atoms with Crippen LogP contribution in [0, 0.1) is 13.8 Å². The molecule has 0 bridgehead atoms. The number of carbonyl (C=O) groups is 2. The number of esters is 1. The number of aliphatic hydroxyl groups is 1. The van der Waals surface area contributed by atoms with Gasteiger partial charge < -0.3 is 9.84 Å². The quantitative estimate of drug-likeness (QED) is 0.683. The number of aryl methyl sites for hydroxylation is 2. The standard InChI is InChI=1S/C18H16O4/c1-10-3-8-14(11(2)9-10)12-4-6-13(7-5-12)17-15(19)16(20)18(21)22-17/h3-9,16-17,20H,1-2H3. The molecule has 2 aromatic carbocycles. The lowest BCUT2D eigenvalue weighted by Crippen LogP contribution is -2.21. The molecule has 1 saturated heterocycles. The van der Waals surface area contributed by atoms with Crippen molar-refractivity contribution in [2.75, 3.05) is 0 Å². The Morgan fingerprint density at radius 1 is 1.00 bits per heavy atom. The van der Waals surface area contributed by atoms with Gasteiger partial charge in [-0.25, -0.2) is 4.79 Å². The minimum atomic E-state index is -1.66. The summed E-state index contributed by atoms with van der Waals surface area (Å²) < 4.78 is 4.92. The fourth-order valence-electron chi connectivity index (χ4n) is 2.71. The number of aliphatic hydroxyl groups excluding tert-OH is 1. The molecule has 1 N–H and O–H groups in total. The summed E-state index contributed by atoms with van der Waals surface area (Å²) in [6, 6.07) is 13.5. The average Bonchev–Trinajstić information content (AvgIpc) is 2.75. The van der Waals surface area contributed by atoms with Crippen LogP contribution in [0.4, 0.5) is 0 Å². The van der Waals surface area contributed by atoms with Crippen molar-refractivity contribution >= 4 is 11.8 Å².